The van der Waals surface area contributed by atoms with Gasteiger partial charge in [-0.2, -0.15) is 0 Å². The van der Waals surface area contributed by atoms with Gasteiger partial charge in [0.25, 0.3) is 0 Å². The fraction of sp³-hybridized carbons (Fsp3) is 0.167. The molecule has 0 aromatic heterocycles. The Hall–Kier alpha value is -2.75. The van der Waals surface area contributed by atoms with Crippen molar-refractivity contribution < 1.29 is 14.6 Å². The second kappa shape index (κ2) is 7.31. The highest BCUT2D eigenvalue weighted by Crippen LogP contribution is 2.28. The van der Waals surface area contributed by atoms with Gasteiger partial charge in [0.1, 0.15) is 6.04 Å². The van der Waals surface area contributed by atoms with Crippen LogP contribution in [0.5, 0.6) is 0 Å². The number of hydrogen-bond acceptors (Lipinski definition) is 3. The molecule has 0 saturated heterocycles. The van der Waals surface area contributed by atoms with Crippen LogP contribution in [0.25, 0.3) is 0 Å². The van der Waals surface area contributed by atoms with Crippen molar-refractivity contribution in [1.82, 2.24) is 5.32 Å². The lowest BCUT2D eigenvalue weighted by Crippen LogP contribution is -2.41. The Labute approximate surface area is 130 Å². The molecule has 1 atom stereocenters. The molecule has 0 radical (unpaired) electrons. The summed E-state index contributed by atoms with van der Waals surface area (Å²) in [5, 5.41) is 12.5. The molecule has 22 heavy (non-hydrogen) atoms. The zero-order chi connectivity index (χ0) is 15.9. The van der Waals surface area contributed by atoms with E-state index in [4.69, 9.17) is 4.74 Å². The molecular weight excluding hydrogens is 278 g/mol. The minimum Gasteiger partial charge on any atom is -0.483 e. The van der Waals surface area contributed by atoms with E-state index in [1.165, 1.54) is 7.11 Å². The number of ether oxygens (including phenoxy) is 1. The maximum atomic E-state index is 11.8. The summed E-state index contributed by atoms with van der Waals surface area (Å²) < 4.78 is 4.98. The Kier molecular flexibility index (Phi) is 5.20. The number of carboxylic acid groups (broad SMARTS) is 1. The van der Waals surface area contributed by atoms with Gasteiger partial charge in [0.2, 0.25) is 0 Å². The smallest absolute Gasteiger partial charge is 0.327 e. The molecule has 2 N–H and O–H groups in total. The lowest BCUT2D eigenvalue weighted by molar-refractivity contribution is -0.139. The Morgan fingerprint density at radius 2 is 1.50 bits per heavy atom. The van der Waals surface area contributed by atoms with E-state index in [0.29, 0.717) is 0 Å². The van der Waals surface area contributed by atoms with E-state index < -0.39 is 12.0 Å². The minimum absolute atomic E-state index is 0.226. The first-order chi connectivity index (χ1) is 10.6. The van der Waals surface area contributed by atoms with Gasteiger partial charge in [-0.3, -0.25) is 0 Å². The van der Waals surface area contributed by atoms with Gasteiger partial charge in [0.05, 0.1) is 7.11 Å². The van der Waals surface area contributed by atoms with Crippen molar-refractivity contribution in [3.63, 3.8) is 0 Å². The number of nitrogens with one attached hydrogen (secondary N) is 1. The summed E-state index contributed by atoms with van der Waals surface area (Å²) in [4.78, 5) is 11.8. The van der Waals surface area contributed by atoms with Gasteiger partial charge in [-0.05, 0) is 17.7 Å². The van der Waals surface area contributed by atoms with Gasteiger partial charge in [-0.1, -0.05) is 60.7 Å². The standard InChI is InChI=1S/C18H19NO3/c1-13(22-2)19-17(18(20)21)16(14-9-5-3-6-10-14)15-11-7-4-8-12-15/h3-12,16-17,19H,1H2,2H3,(H,20,21)/t17-/m0/s1. The fourth-order valence-corrected chi connectivity index (χ4v) is 2.42. The quantitative estimate of drug-likeness (QED) is 0.771. The van der Waals surface area contributed by atoms with E-state index in [-0.39, 0.29) is 11.8 Å². The Morgan fingerprint density at radius 1 is 1.05 bits per heavy atom. The highest BCUT2D eigenvalue weighted by atomic mass is 16.5. The van der Waals surface area contributed by atoms with Crippen LogP contribution in [-0.2, 0) is 9.53 Å². The minimum atomic E-state index is -0.962. The summed E-state index contributed by atoms with van der Waals surface area (Å²) in [6.07, 6.45) is 0. The van der Waals surface area contributed by atoms with Crippen LogP contribution in [0.15, 0.2) is 73.1 Å². The Morgan fingerprint density at radius 3 is 1.86 bits per heavy atom. The van der Waals surface area contributed by atoms with Crippen LogP contribution >= 0.6 is 0 Å². The summed E-state index contributed by atoms with van der Waals surface area (Å²) in [7, 11) is 1.45. The van der Waals surface area contributed by atoms with Crippen molar-refractivity contribution >= 4 is 5.97 Å². The van der Waals surface area contributed by atoms with Gasteiger partial charge in [-0.15, -0.1) is 0 Å². The normalized spacial score (nSPS) is 11.7. The third kappa shape index (κ3) is 3.67. The van der Waals surface area contributed by atoms with Crippen LogP contribution in [0.2, 0.25) is 0 Å². The van der Waals surface area contributed by atoms with Crippen molar-refractivity contribution in [3.05, 3.63) is 84.3 Å². The van der Waals surface area contributed by atoms with E-state index in [1.54, 1.807) is 0 Å². The summed E-state index contributed by atoms with van der Waals surface area (Å²) in [5.41, 5.74) is 1.83. The molecular formula is C18H19NO3. The number of rotatable bonds is 7. The Bertz CT molecular complexity index is 586. The van der Waals surface area contributed by atoms with Crippen LogP contribution < -0.4 is 5.32 Å². The zero-order valence-corrected chi connectivity index (χ0v) is 12.4. The van der Waals surface area contributed by atoms with E-state index in [1.807, 2.05) is 60.7 Å². The van der Waals surface area contributed by atoms with Crippen molar-refractivity contribution in [2.24, 2.45) is 0 Å². The number of aliphatic carboxylic acids is 1. The summed E-state index contributed by atoms with van der Waals surface area (Å²) in [6, 6.07) is 18.2. The average Bonchev–Trinajstić information content (AvgIpc) is 2.56. The van der Waals surface area contributed by atoms with Gasteiger partial charge in [0.15, 0.2) is 5.88 Å². The van der Waals surface area contributed by atoms with Gasteiger partial charge in [-0.25, -0.2) is 4.79 Å². The molecule has 0 amide bonds. The monoisotopic (exact) mass is 297 g/mol. The van der Waals surface area contributed by atoms with Crippen molar-refractivity contribution in [1.29, 1.82) is 0 Å². The third-order valence-electron chi connectivity index (χ3n) is 3.48. The number of methoxy groups -OCH3 is 1. The molecule has 0 saturated carbocycles. The largest absolute Gasteiger partial charge is 0.483 e. The highest BCUT2D eigenvalue weighted by Gasteiger charge is 2.31. The van der Waals surface area contributed by atoms with Crippen LogP contribution in [0.4, 0.5) is 0 Å². The van der Waals surface area contributed by atoms with Gasteiger partial charge >= 0.3 is 5.97 Å². The molecule has 2 rings (SSSR count). The predicted molar refractivity (Wildman–Crippen MR) is 85.4 cm³/mol. The molecule has 0 fully saturated rings. The molecule has 0 spiro atoms. The molecule has 0 heterocycles. The first kappa shape index (κ1) is 15.6. The molecule has 0 aliphatic heterocycles. The van der Waals surface area contributed by atoms with Crippen LogP contribution in [0, 0.1) is 0 Å². The second-order valence-corrected chi connectivity index (χ2v) is 4.89. The fourth-order valence-electron chi connectivity index (χ4n) is 2.42. The maximum absolute atomic E-state index is 11.8. The SMILES string of the molecule is C=C(N[C@H](C(=O)O)C(c1ccccc1)c1ccccc1)OC. The zero-order valence-electron chi connectivity index (χ0n) is 12.4. The number of hydrogen-bond donors (Lipinski definition) is 2. The highest BCUT2D eigenvalue weighted by molar-refractivity contribution is 5.76. The average molecular weight is 297 g/mol. The van der Waals surface area contributed by atoms with E-state index in [9.17, 15) is 9.90 Å². The lowest BCUT2D eigenvalue weighted by atomic mass is 9.85. The van der Waals surface area contributed by atoms with E-state index in [2.05, 4.69) is 11.9 Å². The molecule has 4 heteroatoms. The van der Waals surface area contributed by atoms with E-state index >= 15 is 0 Å². The molecule has 0 bridgehead atoms. The first-order valence-electron chi connectivity index (χ1n) is 6.95. The topological polar surface area (TPSA) is 58.6 Å². The number of carboxylic acids is 1. The van der Waals surface area contributed by atoms with E-state index in [0.717, 1.165) is 11.1 Å². The van der Waals surface area contributed by atoms with Crippen LogP contribution in [0.3, 0.4) is 0 Å². The Balaban J connectivity index is 2.46. The van der Waals surface area contributed by atoms with Gasteiger partial charge in [0, 0.05) is 5.92 Å². The third-order valence-corrected chi connectivity index (χ3v) is 3.48. The molecule has 114 valence electrons. The summed E-state index contributed by atoms with van der Waals surface area (Å²) in [6.45, 7) is 3.67. The van der Waals surface area contributed by atoms with Crippen molar-refractivity contribution in [2.75, 3.05) is 7.11 Å². The molecule has 4 nitrogen and oxygen atoms in total. The van der Waals surface area contributed by atoms with Crippen molar-refractivity contribution in [2.45, 2.75) is 12.0 Å². The summed E-state index contributed by atoms with van der Waals surface area (Å²) in [5.74, 6) is -1.09. The molecule has 2 aromatic rings. The van der Waals surface area contributed by atoms with Crippen LogP contribution in [-0.4, -0.2) is 24.2 Å². The molecule has 0 unspecified atom stereocenters. The summed E-state index contributed by atoms with van der Waals surface area (Å²) >= 11 is 0. The molecule has 0 aliphatic rings. The van der Waals surface area contributed by atoms with Crippen LogP contribution in [0.1, 0.15) is 17.0 Å². The second-order valence-electron chi connectivity index (χ2n) is 4.89. The first-order valence-corrected chi connectivity index (χ1v) is 6.95. The van der Waals surface area contributed by atoms with Gasteiger partial charge < -0.3 is 15.2 Å². The molecule has 0 aliphatic carbocycles. The number of carbonyl (C=O) groups is 1. The molecule has 2 aromatic carbocycles. The van der Waals surface area contributed by atoms with Crippen molar-refractivity contribution in [3.8, 4) is 0 Å². The number of benzene rings is 2. The predicted octanol–water partition coefficient (Wildman–Crippen LogP) is 2.98. The maximum Gasteiger partial charge on any atom is 0.327 e. The lowest BCUT2D eigenvalue weighted by Gasteiger charge is -2.26.